The number of hydrogen-bond acceptors (Lipinski definition) is 3. The number of aromatic nitrogens is 3. The first-order valence-electron chi connectivity index (χ1n) is 9.00. The molecular weight excluding hydrogens is 347 g/mol. The molecule has 0 saturated heterocycles. The zero-order chi connectivity index (χ0) is 18.8. The van der Waals surface area contributed by atoms with Crippen LogP contribution in [0, 0.1) is 11.7 Å². The lowest BCUT2D eigenvalue weighted by molar-refractivity contribution is 0.0873. The lowest BCUT2D eigenvalue weighted by atomic mass is 10.0. The second-order valence-electron chi connectivity index (χ2n) is 6.98. The van der Waals surface area contributed by atoms with E-state index in [0.717, 1.165) is 0 Å². The number of aliphatic hydroxyl groups is 1. The van der Waals surface area contributed by atoms with E-state index in [0.29, 0.717) is 36.1 Å². The highest BCUT2D eigenvalue weighted by atomic mass is 19.1. The topological polar surface area (TPSA) is 82.9 Å². The van der Waals surface area contributed by atoms with Crippen molar-refractivity contribution in [1.82, 2.24) is 20.1 Å². The Kier molecular flexibility index (Phi) is 4.77. The van der Waals surface area contributed by atoms with E-state index in [1.54, 1.807) is 36.8 Å². The fourth-order valence-electron chi connectivity index (χ4n) is 3.80. The minimum Gasteiger partial charge on any atom is -0.391 e. The van der Waals surface area contributed by atoms with Gasteiger partial charge in [0, 0.05) is 42.5 Å². The third-order valence-corrected chi connectivity index (χ3v) is 5.10. The highest BCUT2D eigenvalue weighted by Crippen LogP contribution is 2.29. The van der Waals surface area contributed by atoms with Crippen LogP contribution in [0.25, 0.3) is 11.1 Å². The van der Waals surface area contributed by atoms with Crippen molar-refractivity contribution in [3.8, 4) is 11.1 Å². The van der Waals surface area contributed by atoms with Crippen molar-refractivity contribution >= 4 is 5.91 Å². The van der Waals surface area contributed by atoms with Gasteiger partial charge in [-0.05, 0) is 30.9 Å². The van der Waals surface area contributed by atoms with E-state index >= 15 is 0 Å². The zero-order valence-corrected chi connectivity index (χ0v) is 14.7. The Hall–Kier alpha value is -2.93. The maximum atomic E-state index is 14.1. The minimum absolute atomic E-state index is 0.238. The van der Waals surface area contributed by atoms with Crippen LogP contribution in [-0.2, 0) is 6.54 Å². The molecule has 1 amide bonds. The van der Waals surface area contributed by atoms with E-state index in [9.17, 15) is 14.3 Å². The van der Waals surface area contributed by atoms with Crippen molar-refractivity contribution in [2.45, 2.75) is 31.5 Å². The van der Waals surface area contributed by atoms with E-state index in [1.807, 2.05) is 16.9 Å². The predicted molar refractivity (Wildman–Crippen MR) is 98.4 cm³/mol. The third kappa shape index (κ3) is 3.64. The summed E-state index contributed by atoms with van der Waals surface area (Å²) in [6, 6.07) is 7.88. The molecule has 27 heavy (non-hydrogen) atoms. The van der Waals surface area contributed by atoms with Crippen LogP contribution in [0.5, 0.6) is 0 Å². The summed E-state index contributed by atoms with van der Waals surface area (Å²) in [5.41, 5.74) is 1.24. The number of nitrogens with zero attached hydrogens (tertiary/aromatic N) is 2. The van der Waals surface area contributed by atoms with Crippen LogP contribution >= 0.6 is 0 Å². The van der Waals surface area contributed by atoms with Gasteiger partial charge in [0.2, 0.25) is 0 Å². The first-order chi connectivity index (χ1) is 13.1. The van der Waals surface area contributed by atoms with Gasteiger partial charge in [-0.15, -0.1) is 0 Å². The van der Waals surface area contributed by atoms with Crippen LogP contribution in [0.1, 0.15) is 23.2 Å². The Morgan fingerprint density at radius 1 is 1.26 bits per heavy atom. The summed E-state index contributed by atoms with van der Waals surface area (Å²) in [6.07, 6.45) is 7.45. The Morgan fingerprint density at radius 2 is 2.11 bits per heavy atom. The lowest BCUT2D eigenvalue weighted by Gasteiger charge is -2.17. The van der Waals surface area contributed by atoms with Gasteiger partial charge in [-0.25, -0.2) is 4.39 Å². The molecule has 3 atom stereocenters. The van der Waals surface area contributed by atoms with Crippen molar-refractivity contribution in [1.29, 1.82) is 0 Å². The van der Waals surface area contributed by atoms with Crippen molar-refractivity contribution in [3.05, 3.63) is 66.5 Å². The maximum Gasteiger partial charge on any atom is 0.253 e. The van der Waals surface area contributed by atoms with E-state index in [2.05, 4.69) is 15.4 Å². The largest absolute Gasteiger partial charge is 0.391 e. The molecule has 1 fully saturated rings. The summed E-state index contributed by atoms with van der Waals surface area (Å²) in [6.45, 7) is 0.709. The number of H-pyrrole nitrogens is 1. The normalized spacial score (nSPS) is 22.1. The first-order valence-corrected chi connectivity index (χ1v) is 9.00. The van der Waals surface area contributed by atoms with Crippen LogP contribution in [-0.4, -0.2) is 37.9 Å². The van der Waals surface area contributed by atoms with Gasteiger partial charge in [-0.3, -0.25) is 9.48 Å². The molecule has 2 heterocycles. The van der Waals surface area contributed by atoms with Crippen LogP contribution in [0.2, 0.25) is 0 Å². The Morgan fingerprint density at radius 3 is 2.89 bits per heavy atom. The van der Waals surface area contributed by atoms with Crippen molar-refractivity contribution < 1.29 is 14.3 Å². The summed E-state index contributed by atoms with van der Waals surface area (Å²) < 4.78 is 15.9. The van der Waals surface area contributed by atoms with Gasteiger partial charge in [-0.1, -0.05) is 18.2 Å². The second kappa shape index (κ2) is 7.36. The number of carbonyl (C=O) groups is 1. The van der Waals surface area contributed by atoms with Crippen LogP contribution in [0.3, 0.4) is 0 Å². The lowest BCUT2D eigenvalue weighted by Crippen LogP contribution is -2.40. The number of amides is 1. The number of halogens is 1. The van der Waals surface area contributed by atoms with Gasteiger partial charge in [-0.2, -0.15) is 5.10 Å². The number of carbonyl (C=O) groups excluding carboxylic acids is 1. The second-order valence-corrected chi connectivity index (χ2v) is 6.98. The first kappa shape index (κ1) is 17.5. The van der Waals surface area contributed by atoms with Gasteiger partial charge < -0.3 is 15.4 Å². The SMILES string of the molecule is O=C(N[C@@H]1CC(Cn2cccn2)C[C@H]1O)c1c[nH]cc1-c1ccccc1F. The van der Waals surface area contributed by atoms with Crippen LogP contribution in [0.15, 0.2) is 55.1 Å². The van der Waals surface area contributed by atoms with Gasteiger partial charge in [0.25, 0.3) is 5.91 Å². The molecular formula is C20H21FN4O2. The smallest absolute Gasteiger partial charge is 0.253 e. The average molecular weight is 368 g/mol. The van der Waals surface area contributed by atoms with Crippen molar-refractivity contribution in [2.24, 2.45) is 5.92 Å². The highest BCUT2D eigenvalue weighted by Gasteiger charge is 2.34. The molecule has 140 valence electrons. The number of aromatic amines is 1. The van der Waals surface area contributed by atoms with E-state index in [1.165, 1.54) is 6.07 Å². The number of rotatable bonds is 5. The van der Waals surface area contributed by atoms with Gasteiger partial charge in [0.05, 0.1) is 17.7 Å². The summed E-state index contributed by atoms with van der Waals surface area (Å²) in [7, 11) is 0. The Labute approximate surface area is 156 Å². The molecule has 1 aliphatic rings. The summed E-state index contributed by atoms with van der Waals surface area (Å²) >= 11 is 0. The number of nitrogens with one attached hydrogen (secondary N) is 2. The summed E-state index contributed by atoms with van der Waals surface area (Å²) in [4.78, 5) is 15.6. The molecule has 0 bridgehead atoms. The van der Waals surface area contributed by atoms with Crippen LogP contribution < -0.4 is 5.32 Å². The molecule has 0 aliphatic heterocycles. The monoisotopic (exact) mass is 368 g/mol. The van der Waals surface area contributed by atoms with E-state index in [-0.39, 0.29) is 23.7 Å². The Balaban J connectivity index is 1.46. The van der Waals surface area contributed by atoms with E-state index in [4.69, 9.17) is 0 Å². The van der Waals surface area contributed by atoms with Gasteiger partial charge in [0.15, 0.2) is 0 Å². The molecule has 1 aliphatic carbocycles. The van der Waals surface area contributed by atoms with Crippen molar-refractivity contribution in [2.75, 3.05) is 0 Å². The van der Waals surface area contributed by atoms with Crippen molar-refractivity contribution in [3.63, 3.8) is 0 Å². The van der Waals surface area contributed by atoms with Crippen LogP contribution in [0.4, 0.5) is 4.39 Å². The number of benzene rings is 1. The minimum atomic E-state index is -0.606. The highest BCUT2D eigenvalue weighted by molar-refractivity contribution is 6.01. The predicted octanol–water partition coefficient (Wildman–Crippen LogP) is 2.59. The molecule has 3 N–H and O–H groups in total. The molecule has 4 rings (SSSR count). The number of aliphatic hydroxyl groups excluding tert-OH is 1. The quantitative estimate of drug-likeness (QED) is 0.647. The molecule has 2 aromatic heterocycles. The van der Waals surface area contributed by atoms with E-state index < -0.39 is 6.10 Å². The average Bonchev–Trinajstić information content (AvgIpc) is 3.38. The number of hydrogen-bond donors (Lipinski definition) is 3. The molecule has 1 aromatic carbocycles. The third-order valence-electron chi connectivity index (χ3n) is 5.10. The molecule has 3 aromatic rings. The fourth-order valence-corrected chi connectivity index (χ4v) is 3.80. The molecule has 0 spiro atoms. The molecule has 1 saturated carbocycles. The fraction of sp³-hybridized carbons (Fsp3) is 0.300. The van der Waals surface area contributed by atoms with Gasteiger partial charge >= 0.3 is 0 Å². The zero-order valence-electron chi connectivity index (χ0n) is 14.7. The maximum absolute atomic E-state index is 14.1. The molecule has 1 unspecified atom stereocenters. The molecule has 7 heteroatoms. The molecule has 6 nitrogen and oxygen atoms in total. The summed E-state index contributed by atoms with van der Waals surface area (Å²) in [5.74, 6) is -0.466. The Bertz CT molecular complexity index is 922. The molecule has 0 radical (unpaired) electrons. The standard InChI is InChI=1S/C20H21FN4O2/c21-17-5-2-1-4-14(17)15-10-22-11-16(15)20(27)24-18-8-13(9-19(18)26)12-25-7-3-6-23-25/h1-7,10-11,13,18-19,22,26H,8-9,12H2,(H,24,27)/t13?,18-,19-/m1/s1. The van der Waals surface area contributed by atoms with Gasteiger partial charge in [0.1, 0.15) is 5.82 Å². The summed E-state index contributed by atoms with van der Waals surface area (Å²) in [5, 5.41) is 17.5.